The van der Waals surface area contributed by atoms with E-state index in [-0.39, 0.29) is 18.0 Å². The number of nitrogens with one attached hydrogen (secondary N) is 1. The Morgan fingerprint density at radius 1 is 1.20 bits per heavy atom. The minimum absolute atomic E-state index is 0.0254. The Morgan fingerprint density at radius 2 is 1.90 bits per heavy atom. The molecule has 2 unspecified atom stereocenters. The molecule has 0 spiro atoms. The van der Waals surface area contributed by atoms with Crippen molar-refractivity contribution in [3.8, 4) is 0 Å². The van der Waals surface area contributed by atoms with Crippen molar-refractivity contribution in [3.05, 3.63) is 35.4 Å². The number of likely N-dealkylation sites (N-methyl/N-ethyl adjacent to an activating group) is 1. The van der Waals surface area contributed by atoms with Crippen LogP contribution >= 0.6 is 0 Å². The number of benzene rings is 1. The van der Waals surface area contributed by atoms with E-state index >= 15 is 0 Å². The van der Waals surface area contributed by atoms with Crippen LogP contribution in [0.2, 0.25) is 0 Å². The molecule has 4 heteroatoms. The van der Waals surface area contributed by atoms with E-state index in [1.165, 1.54) is 12.1 Å². The molecule has 0 bridgehead atoms. The predicted octanol–water partition coefficient (Wildman–Crippen LogP) is 3.55. The maximum atomic E-state index is 13.8. The number of hydrogen-bond acceptors (Lipinski definition) is 2. The lowest BCUT2D eigenvalue weighted by Crippen LogP contribution is -2.45. The summed E-state index contributed by atoms with van der Waals surface area (Å²) >= 11 is 0. The molecule has 20 heavy (non-hydrogen) atoms. The summed E-state index contributed by atoms with van der Waals surface area (Å²) in [6.45, 7) is 9.47. The van der Waals surface area contributed by atoms with Crippen molar-refractivity contribution in [3.63, 3.8) is 0 Å². The van der Waals surface area contributed by atoms with Crippen molar-refractivity contribution in [2.75, 3.05) is 13.2 Å². The van der Waals surface area contributed by atoms with Gasteiger partial charge in [0.15, 0.2) is 0 Å². The van der Waals surface area contributed by atoms with Gasteiger partial charge in [0.2, 0.25) is 0 Å². The van der Waals surface area contributed by atoms with Gasteiger partial charge in [0.25, 0.3) is 0 Å². The zero-order valence-corrected chi connectivity index (χ0v) is 12.7. The zero-order valence-electron chi connectivity index (χ0n) is 12.7. The molecule has 0 fully saturated rings. The van der Waals surface area contributed by atoms with Gasteiger partial charge in [-0.2, -0.15) is 0 Å². The molecule has 0 aliphatic rings. The highest BCUT2D eigenvalue weighted by Crippen LogP contribution is 2.18. The van der Waals surface area contributed by atoms with Gasteiger partial charge in [-0.15, -0.1) is 0 Å². The fourth-order valence-corrected chi connectivity index (χ4v) is 2.47. The third-order valence-corrected chi connectivity index (χ3v) is 3.33. The number of hydrogen-bond donors (Lipinski definition) is 1. The summed E-state index contributed by atoms with van der Waals surface area (Å²) in [6, 6.07) is 3.56. The molecule has 1 aromatic rings. The van der Waals surface area contributed by atoms with E-state index in [9.17, 15) is 8.78 Å². The third kappa shape index (κ3) is 4.84. The molecule has 2 atom stereocenters. The second-order valence-corrected chi connectivity index (χ2v) is 5.27. The molecule has 0 saturated heterocycles. The molecule has 1 N–H and O–H groups in total. The highest BCUT2D eigenvalue weighted by atomic mass is 19.1. The monoisotopic (exact) mass is 285 g/mol. The smallest absolute Gasteiger partial charge is 0.126 e. The van der Waals surface area contributed by atoms with Crippen LogP contribution in [0.15, 0.2) is 18.2 Å². The van der Waals surface area contributed by atoms with E-state index in [1.807, 2.05) is 13.8 Å². The van der Waals surface area contributed by atoms with Crippen LogP contribution in [0.5, 0.6) is 0 Å². The summed E-state index contributed by atoms with van der Waals surface area (Å²) in [7, 11) is 0. The molecule has 0 aromatic heterocycles. The van der Waals surface area contributed by atoms with E-state index in [0.717, 1.165) is 12.6 Å². The molecule has 0 amide bonds. The first-order valence-corrected chi connectivity index (χ1v) is 7.28. The second kappa shape index (κ2) is 8.32. The highest BCUT2D eigenvalue weighted by molar-refractivity contribution is 5.20. The van der Waals surface area contributed by atoms with Gasteiger partial charge in [0.05, 0.1) is 6.10 Å². The Balaban J connectivity index is 2.92. The summed E-state index contributed by atoms with van der Waals surface area (Å²) in [5.41, 5.74) is 0.390. The largest absolute Gasteiger partial charge is 0.377 e. The Labute approximate surface area is 120 Å². The van der Waals surface area contributed by atoms with Crippen LogP contribution in [0.25, 0.3) is 0 Å². The molecule has 114 valence electrons. The van der Waals surface area contributed by atoms with Crippen LogP contribution in [0, 0.1) is 17.6 Å². The number of rotatable bonds is 8. The van der Waals surface area contributed by atoms with Crippen molar-refractivity contribution in [2.45, 2.75) is 46.3 Å². The van der Waals surface area contributed by atoms with E-state index in [0.29, 0.717) is 24.5 Å². The topological polar surface area (TPSA) is 21.3 Å². The molecule has 2 nitrogen and oxygen atoms in total. The Hall–Kier alpha value is -1.00. The van der Waals surface area contributed by atoms with Crippen molar-refractivity contribution in [1.29, 1.82) is 0 Å². The van der Waals surface area contributed by atoms with Crippen LogP contribution in [0.4, 0.5) is 8.78 Å². The number of halogens is 2. The molecular formula is C16H25F2NO. The predicted molar refractivity (Wildman–Crippen MR) is 77.8 cm³/mol. The molecule has 0 radical (unpaired) electrons. The van der Waals surface area contributed by atoms with Gasteiger partial charge in [0.1, 0.15) is 11.6 Å². The molecule has 1 rings (SSSR count). The second-order valence-electron chi connectivity index (χ2n) is 5.27. The maximum Gasteiger partial charge on any atom is 0.126 e. The molecular weight excluding hydrogens is 260 g/mol. The first kappa shape index (κ1) is 17.1. The van der Waals surface area contributed by atoms with Crippen molar-refractivity contribution < 1.29 is 13.5 Å². The summed E-state index contributed by atoms with van der Waals surface area (Å²) in [5.74, 6) is -0.474. The Kier molecular flexibility index (Phi) is 7.10. The Bertz CT molecular complexity index is 409. The SMILES string of the molecule is CCNC(Cc1cc(F)ccc1F)C(OCC)C(C)C. The van der Waals surface area contributed by atoms with Gasteiger partial charge in [-0.3, -0.25) is 0 Å². The maximum absolute atomic E-state index is 13.8. The standard InChI is InChI=1S/C16H25F2NO/c1-5-19-15(16(11(3)4)20-6-2)10-12-9-13(17)7-8-14(12)18/h7-9,11,15-16,19H,5-6,10H2,1-4H3. The highest BCUT2D eigenvalue weighted by Gasteiger charge is 2.25. The van der Waals surface area contributed by atoms with Gasteiger partial charge in [-0.1, -0.05) is 20.8 Å². The number of ether oxygens (including phenoxy) is 1. The molecule has 0 aliphatic heterocycles. The first-order chi connectivity index (χ1) is 9.49. The normalized spacial score (nSPS) is 14.6. The molecule has 0 aliphatic carbocycles. The van der Waals surface area contributed by atoms with Crippen LogP contribution < -0.4 is 5.32 Å². The van der Waals surface area contributed by atoms with Gasteiger partial charge in [0, 0.05) is 12.6 Å². The minimum atomic E-state index is -0.408. The summed E-state index contributed by atoms with van der Waals surface area (Å²) in [4.78, 5) is 0. The molecule has 1 aromatic carbocycles. The third-order valence-electron chi connectivity index (χ3n) is 3.33. The lowest BCUT2D eigenvalue weighted by molar-refractivity contribution is 0.00377. The average Bonchev–Trinajstić information content (AvgIpc) is 2.39. The van der Waals surface area contributed by atoms with E-state index < -0.39 is 5.82 Å². The summed E-state index contributed by atoms with van der Waals surface area (Å²) in [6.07, 6.45) is 0.392. The van der Waals surface area contributed by atoms with Gasteiger partial charge >= 0.3 is 0 Å². The van der Waals surface area contributed by atoms with Crippen LogP contribution in [0.1, 0.15) is 33.3 Å². The summed E-state index contributed by atoms with van der Waals surface area (Å²) in [5, 5.41) is 3.33. The van der Waals surface area contributed by atoms with Crippen molar-refractivity contribution >= 4 is 0 Å². The van der Waals surface area contributed by atoms with E-state index in [1.54, 1.807) is 0 Å². The van der Waals surface area contributed by atoms with Crippen molar-refractivity contribution in [2.24, 2.45) is 5.92 Å². The first-order valence-electron chi connectivity index (χ1n) is 7.28. The van der Waals surface area contributed by atoms with E-state index in [2.05, 4.69) is 19.2 Å². The fraction of sp³-hybridized carbons (Fsp3) is 0.625. The van der Waals surface area contributed by atoms with Gasteiger partial charge in [-0.25, -0.2) is 8.78 Å². The zero-order chi connectivity index (χ0) is 15.1. The van der Waals surface area contributed by atoms with E-state index in [4.69, 9.17) is 4.74 Å². The minimum Gasteiger partial charge on any atom is -0.377 e. The van der Waals surface area contributed by atoms with Gasteiger partial charge < -0.3 is 10.1 Å². The lowest BCUT2D eigenvalue weighted by atomic mass is 9.93. The van der Waals surface area contributed by atoms with Crippen molar-refractivity contribution in [1.82, 2.24) is 5.32 Å². The van der Waals surface area contributed by atoms with Crippen LogP contribution in [0.3, 0.4) is 0 Å². The lowest BCUT2D eigenvalue weighted by Gasteiger charge is -2.31. The van der Waals surface area contributed by atoms with Crippen LogP contribution in [-0.2, 0) is 11.2 Å². The fourth-order valence-electron chi connectivity index (χ4n) is 2.47. The molecule has 0 heterocycles. The summed E-state index contributed by atoms with van der Waals surface area (Å²) < 4.78 is 32.8. The average molecular weight is 285 g/mol. The Morgan fingerprint density at radius 3 is 2.45 bits per heavy atom. The quantitative estimate of drug-likeness (QED) is 0.788. The van der Waals surface area contributed by atoms with Gasteiger partial charge in [-0.05, 0) is 49.6 Å². The van der Waals surface area contributed by atoms with Crippen LogP contribution in [-0.4, -0.2) is 25.3 Å². The molecule has 0 saturated carbocycles.